The SMILES string of the molecule is CC(=O)/C=C(/C)O.[CH2][CH][C](C)[CH]C.[Rh]. The van der Waals surface area contributed by atoms with E-state index in [1.807, 2.05) is 26.7 Å². The second kappa shape index (κ2) is 12.8. The standard InChI is InChI=1S/C6H10.C5H8O2.Rh/c1-4-6(3)5-2;1-4(6)3-5(2)7;/h4-5H,1H2,2-3H3;3,6H,1-2H3;/b;4-3-;. The van der Waals surface area contributed by atoms with Crippen molar-refractivity contribution in [2.24, 2.45) is 0 Å². The van der Waals surface area contributed by atoms with Crippen molar-refractivity contribution in [2.75, 3.05) is 0 Å². The van der Waals surface area contributed by atoms with Gasteiger partial charge in [0.15, 0.2) is 5.78 Å². The largest absolute Gasteiger partial charge is 0.512 e. The van der Waals surface area contributed by atoms with Crippen molar-refractivity contribution in [1.82, 2.24) is 0 Å². The van der Waals surface area contributed by atoms with Gasteiger partial charge in [-0.05, 0) is 39.5 Å². The van der Waals surface area contributed by atoms with Crippen LogP contribution in [0.4, 0.5) is 0 Å². The summed E-state index contributed by atoms with van der Waals surface area (Å²) >= 11 is 0. The van der Waals surface area contributed by atoms with Gasteiger partial charge in [0.1, 0.15) is 0 Å². The summed E-state index contributed by atoms with van der Waals surface area (Å²) in [6, 6.07) is 0. The van der Waals surface area contributed by atoms with Gasteiger partial charge in [-0.1, -0.05) is 13.8 Å². The molecule has 0 aliphatic rings. The van der Waals surface area contributed by atoms with E-state index >= 15 is 0 Å². The van der Waals surface area contributed by atoms with Crippen LogP contribution in [0.25, 0.3) is 0 Å². The molecule has 2 nitrogen and oxygen atoms in total. The summed E-state index contributed by atoms with van der Waals surface area (Å²) in [5.74, 6) is 1.17. The van der Waals surface area contributed by atoms with Gasteiger partial charge in [-0.3, -0.25) is 4.79 Å². The van der Waals surface area contributed by atoms with Crippen molar-refractivity contribution < 1.29 is 29.4 Å². The van der Waals surface area contributed by atoms with Gasteiger partial charge in [0.2, 0.25) is 0 Å². The molecule has 14 heavy (non-hydrogen) atoms. The fourth-order valence-corrected chi connectivity index (χ4v) is 0.412. The quantitative estimate of drug-likeness (QED) is 0.492. The first-order valence-electron chi connectivity index (χ1n) is 4.07. The predicted octanol–water partition coefficient (Wildman–Crippen LogP) is 2.88. The van der Waals surface area contributed by atoms with Crippen LogP contribution in [-0.2, 0) is 24.3 Å². The third-order valence-corrected chi connectivity index (χ3v) is 1.19. The average molecular weight is 285 g/mol. The average Bonchev–Trinajstić information content (AvgIpc) is 2.01. The maximum absolute atomic E-state index is 10.0. The molecule has 3 heteroatoms. The molecular weight excluding hydrogens is 267 g/mol. The van der Waals surface area contributed by atoms with Gasteiger partial charge in [-0.2, -0.15) is 0 Å². The first-order valence-corrected chi connectivity index (χ1v) is 4.07. The second-order valence-corrected chi connectivity index (χ2v) is 2.63. The Kier molecular flexibility index (Phi) is 17.8. The number of carbonyl (C=O) groups is 1. The molecule has 83 valence electrons. The van der Waals surface area contributed by atoms with Crippen LogP contribution in [-0.4, -0.2) is 10.9 Å². The molecule has 0 fully saturated rings. The molecule has 0 atom stereocenters. The van der Waals surface area contributed by atoms with Gasteiger partial charge in [0.05, 0.1) is 5.76 Å². The third kappa shape index (κ3) is 22.6. The van der Waals surface area contributed by atoms with Crippen molar-refractivity contribution >= 4 is 5.78 Å². The van der Waals surface area contributed by atoms with Crippen LogP contribution >= 0.6 is 0 Å². The van der Waals surface area contributed by atoms with Gasteiger partial charge in [-0.15, -0.1) is 0 Å². The van der Waals surface area contributed by atoms with E-state index in [0.29, 0.717) is 0 Å². The Labute approximate surface area is 101 Å². The molecule has 0 saturated carbocycles. The Morgan fingerprint density at radius 2 is 1.71 bits per heavy atom. The van der Waals surface area contributed by atoms with E-state index in [4.69, 9.17) is 5.11 Å². The van der Waals surface area contributed by atoms with E-state index in [1.54, 1.807) is 0 Å². The van der Waals surface area contributed by atoms with Gasteiger partial charge in [0.25, 0.3) is 0 Å². The monoisotopic (exact) mass is 285 g/mol. The van der Waals surface area contributed by atoms with Crippen molar-refractivity contribution in [3.63, 3.8) is 0 Å². The van der Waals surface area contributed by atoms with Crippen LogP contribution in [0.15, 0.2) is 11.8 Å². The molecule has 0 aromatic heterocycles. The Hall–Kier alpha value is -0.167. The minimum absolute atomic E-state index is 0. The smallest absolute Gasteiger partial charge is 0.155 e. The zero-order valence-electron chi connectivity index (χ0n) is 9.13. The summed E-state index contributed by atoms with van der Waals surface area (Å²) in [4.78, 5) is 10.0. The summed E-state index contributed by atoms with van der Waals surface area (Å²) in [7, 11) is 0. The van der Waals surface area contributed by atoms with Crippen molar-refractivity contribution in [2.45, 2.75) is 27.7 Å². The molecule has 0 unspecified atom stereocenters. The van der Waals surface area contributed by atoms with Crippen LogP contribution in [0.5, 0.6) is 0 Å². The molecule has 0 spiro atoms. The molecule has 1 N–H and O–H groups in total. The molecular formula is C11H18O2Rh. The fourth-order valence-electron chi connectivity index (χ4n) is 0.412. The van der Waals surface area contributed by atoms with E-state index in [0.717, 1.165) is 0 Å². The Bertz CT molecular complexity index is 157. The second-order valence-electron chi connectivity index (χ2n) is 2.63. The van der Waals surface area contributed by atoms with Crippen LogP contribution in [0.1, 0.15) is 27.7 Å². The van der Waals surface area contributed by atoms with E-state index in [9.17, 15) is 4.79 Å². The number of carbonyl (C=O) groups excluding carboxylic acids is 1. The third-order valence-electron chi connectivity index (χ3n) is 1.19. The maximum atomic E-state index is 10.0. The molecule has 0 aromatic carbocycles. The summed E-state index contributed by atoms with van der Waals surface area (Å²) in [5, 5.41) is 8.36. The first kappa shape index (κ1) is 19.4. The number of aliphatic hydroxyl groups is 1. The molecule has 0 rings (SSSR count). The molecule has 0 aromatic rings. The molecule has 0 aliphatic carbocycles. The molecule has 0 heterocycles. The van der Waals surface area contributed by atoms with E-state index < -0.39 is 0 Å². The number of rotatable bonds is 3. The summed E-state index contributed by atoms with van der Waals surface area (Å²) in [6.07, 6.45) is 5.02. The van der Waals surface area contributed by atoms with Gasteiger partial charge in [0, 0.05) is 25.6 Å². The molecule has 0 aliphatic heterocycles. The Balaban J connectivity index is -0.000000163. The number of allylic oxidation sites excluding steroid dienone is 2. The van der Waals surface area contributed by atoms with Gasteiger partial charge < -0.3 is 5.11 Å². The molecule has 0 bridgehead atoms. The predicted molar refractivity (Wildman–Crippen MR) is 55.6 cm³/mol. The summed E-state index contributed by atoms with van der Waals surface area (Å²) in [6.45, 7) is 10.4. The Morgan fingerprint density at radius 1 is 1.29 bits per heavy atom. The first-order chi connectivity index (χ1) is 5.93. The topological polar surface area (TPSA) is 37.3 Å². The van der Waals surface area contributed by atoms with E-state index in [1.165, 1.54) is 25.8 Å². The van der Waals surface area contributed by atoms with Crippen LogP contribution in [0.2, 0.25) is 0 Å². The number of ketones is 1. The molecule has 0 amide bonds. The van der Waals surface area contributed by atoms with Crippen molar-refractivity contribution in [1.29, 1.82) is 0 Å². The van der Waals surface area contributed by atoms with E-state index in [-0.39, 0.29) is 31.0 Å². The number of hydrogen-bond acceptors (Lipinski definition) is 2. The van der Waals surface area contributed by atoms with Crippen LogP contribution in [0.3, 0.4) is 0 Å². The molecule has 5 radical (unpaired) electrons. The normalized spacial score (nSPS) is 10.0. The van der Waals surface area contributed by atoms with Crippen LogP contribution in [0, 0.1) is 25.7 Å². The minimum atomic E-state index is -0.125. The Morgan fingerprint density at radius 3 is 1.71 bits per heavy atom. The molecule has 0 saturated heterocycles. The van der Waals surface area contributed by atoms with Gasteiger partial charge >= 0.3 is 0 Å². The van der Waals surface area contributed by atoms with Crippen molar-refractivity contribution in [3.05, 3.63) is 37.5 Å². The fraction of sp³-hybridized carbons (Fsp3) is 0.364. The van der Waals surface area contributed by atoms with E-state index in [2.05, 4.69) is 6.92 Å². The van der Waals surface area contributed by atoms with Crippen LogP contribution < -0.4 is 0 Å². The summed E-state index contributed by atoms with van der Waals surface area (Å²) < 4.78 is 0. The maximum Gasteiger partial charge on any atom is 0.155 e. The summed E-state index contributed by atoms with van der Waals surface area (Å²) in [5.41, 5.74) is 0. The van der Waals surface area contributed by atoms with Gasteiger partial charge in [-0.25, -0.2) is 0 Å². The number of hydrogen-bond donors (Lipinski definition) is 1. The van der Waals surface area contributed by atoms with Crippen molar-refractivity contribution in [3.8, 4) is 0 Å². The number of aliphatic hydroxyl groups excluding tert-OH is 1. The zero-order valence-corrected chi connectivity index (χ0v) is 10.8. The zero-order chi connectivity index (χ0) is 10.9. The minimum Gasteiger partial charge on any atom is -0.512 e.